The van der Waals surface area contributed by atoms with Crippen LogP contribution in [0.1, 0.15) is 99.6 Å². The third kappa shape index (κ3) is 15.5. The monoisotopic (exact) mass is 1660 g/mol. The first-order chi connectivity index (χ1) is 53.0. The van der Waals surface area contributed by atoms with Crippen LogP contribution in [0.3, 0.4) is 0 Å². The Bertz CT molecular complexity index is 3710. The Balaban J connectivity index is 0.644. The molecule has 11 saturated heterocycles. The molecule has 2 spiro atoms. The van der Waals surface area contributed by atoms with Crippen LogP contribution in [0, 0.1) is 24.0 Å². The number of aliphatic hydroxyl groups is 5. The fourth-order valence-electron chi connectivity index (χ4n) is 17.0. The zero-order valence-electron chi connectivity index (χ0n) is 63.3. The van der Waals surface area contributed by atoms with Gasteiger partial charge in [0, 0.05) is 46.7 Å². The van der Waals surface area contributed by atoms with Gasteiger partial charge in [0.05, 0.1) is 81.4 Å². The van der Waals surface area contributed by atoms with E-state index in [9.17, 15) is 60.6 Å². The molecule has 13 rings (SSSR count). The molecule has 0 amide bonds. The van der Waals surface area contributed by atoms with Crippen molar-refractivity contribution in [3.8, 4) is 23.0 Å². The van der Waals surface area contributed by atoms with Crippen LogP contribution >= 0.6 is 34.8 Å². The van der Waals surface area contributed by atoms with Gasteiger partial charge in [0.15, 0.2) is 79.4 Å². The number of hydrogen-bond acceptors (Lipinski definition) is 38. The van der Waals surface area contributed by atoms with Crippen molar-refractivity contribution in [3.05, 3.63) is 53.5 Å². The van der Waals surface area contributed by atoms with E-state index >= 15 is 0 Å². The maximum Gasteiger partial charge on any atom is 0.342 e. The molecule has 11 heterocycles. The van der Waals surface area contributed by atoms with Crippen molar-refractivity contribution < 1.29 is 179 Å². The lowest BCUT2D eigenvalue weighted by Gasteiger charge is -2.50. The maximum atomic E-state index is 14.3. The normalized spacial score (nSPS) is 45.4. The number of ether oxygens (including phenoxy) is 26. The number of halogens is 3. The van der Waals surface area contributed by atoms with Gasteiger partial charge < -0.3 is 164 Å². The van der Waals surface area contributed by atoms with E-state index in [1.807, 2.05) is 0 Å². The number of fused-ring (bicyclic) bond motifs is 4. The molecule has 0 aromatic heterocycles. The Hall–Kier alpha value is -4.27. The van der Waals surface area contributed by atoms with Crippen molar-refractivity contribution in [2.75, 3.05) is 62.2 Å². The van der Waals surface area contributed by atoms with E-state index < -0.39 is 259 Å². The summed E-state index contributed by atoms with van der Waals surface area (Å²) < 4.78 is 160. The van der Waals surface area contributed by atoms with Gasteiger partial charge in [-0.1, -0.05) is 34.8 Å². The number of esters is 2. The molecule has 2 aromatic rings. The number of hydrogen-bond donors (Lipinski definition) is 8. The molecule has 0 bridgehead atoms. The molecule has 8 N–H and O–H groups in total. The van der Waals surface area contributed by atoms with Gasteiger partial charge in [-0.3, -0.25) is 10.1 Å². The minimum absolute atomic E-state index is 0.0688. The van der Waals surface area contributed by atoms with E-state index in [0.29, 0.717) is 0 Å². The molecule has 35 atom stereocenters. The first kappa shape index (κ1) is 85.6. The lowest BCUT2D eigenvalue weighted by Crippen LogP contribution is -2.68. The van der Waals surface area contributed by atoms with Gasteiger partial charge in [-0.05, 0) is 72.6 Å². The minimum atomic E-state index is -2.07. The topological polar surface area (TPSA) is 479 Å². The summed E-state index contributed by atoms with van der Waals surface area (Å²) in [5.74, 6) is -8.02. The Morgan fingerprint density at radius 2 is 1.29 bits per heavy atom. The summed E-state index contributed by atoms with van der Waals surface area (Å²) in [5.41, 5.74) is -3.74. The quantitative estimate of drug-likeness (QED) is 0.0503. The zero-order chi connectivity index (χ0) is 81.0. The molecule has 42 heteroatoms. The van der Waals surface area contributed by atoms with Crippen molar-refractivity contribution in [2.45, 2.75) is 295 Å². The van der Waals surface area contributed by atoms with Gasteiger partial charge in [-0.2, -0.15) is 0 Å². The number of phenols is 3. The lowest BCUT2D eigenvalue weighted by molar-refractivity contribution is -0.595. The number of carbonyl (C=O) groups is 2. The summed E-state index contributed by atoms with van der Waals surface area (Å²) >= 11 is 18.8. The molecule has 0 radical (unpaired) electrons. The number of benzene rings is 2. The van der Waals surface area contributed by atoms with E-state index in [0.717, 1.165) is 0 Å². The van der Waals surface area contributed by atoms with E-state index in [4.69, 9.17) is 158 Å². The second-order valence-corrected chi connectivity index (χ2v) is 31.1. The molecule has 0 aliphatic carbocycles. The highest BCUT2D eigenvalue weighted by Crippen LogP contribution is 2.53. The highest BCUT2D eigenvalue weighted by Gasteiger charge is 2.70. The third-order valence-corrected chi connectivity index (χ3v) is 23.8. The number of aromatic hydroxyl groups is 3. The number of rotatable bonds is 21. The second-order valence-electron chi connectivity index (χ2n) is 30.0. The maximum absolute atomic E-state index is 14.3. The van der Waals surface area contributed by atoms with Gasteiger partial charge in [0.1, 0.15) is 131 Å². The van der Waals surface area contributed by atoms with Gasteiger partial charge in [-0.15, -0.1) is 0 Å². The fourth-order valence-corrected chi connectivity index (χ4v) is 17.7. The molecule has 112 heavy (non-hydrogen) atoms. The van der Waals surface area contributed by atoms with Crippen LogP contribution in [0.15, 0.2) is 6.07 Å². The van der Waals surface area contributed by atoms with Crippen molar-refractivity contribution in [1.82, 2.24) is 0 Å². The second kappa shape index (κ2) is 33.5. The van der Waals surface area contributed by atoms with Gasteiger partial charge >= 0.3 is 17.9 Å². The molecular weight excluding hydrogens is 1570 g/mol. The average molecular weight is 1670 g/mol. The third-order valence-electron chi connectivity index (χ3n) is 22.6. The van der Waals surface area contributed by atoms with Crippen molar-refractivity contribution >= 4 is 46.7 Å². The SMILES string of the molecule is COC[C@H]1O[C@@H](O[C@@H]2OC[C@@H]3OC4(OCC(OC(=O)c5c(C)cc(O)c(Cl)c5O)C5OCOC54)O[C@H]3[C@H]2O)[C@@H](OC)[C@@H](O)[C@@H]1O[C@@H]1O[C@H](C)[C@H](OC)[C@H](O[C@@H]2O[C@H](C)[C@H]3O[C@]4(C[C@@H](O)[C@H](O[C@H]5C[C@H](O[C@H]6C[C@](C)([N+](=O)[O-])[C@@H](OC)[C@H](C)O6)[C@@H](OC(=O)c6c(C)c(Cl)c(O)c(Cl)c6OC)[C@@H](C)O5)[C@@H](C)O4)O[C@]3(C)[C@@H]2O)[C@H]1O. The molecule has 4 unspecified atom stereocenters. The summed E-state index contributed by atoms with van der Waals surface area (Å²) in [6.07, 6.45) is -41.2. The van der Waals surface area contributed by atoms with Crippen LogP contribution in [0.4, 0.5) is 0 Å². The van der Waals surface area contributed by atoms with E-state index in [1.54, 1.807) is 34.6 Å². The van der Waals surface area contributed by atoms with Crippen molar-refractivity contribution in [1.29, 1.82) is 0 Å². The van der Waals surface area contributed by atoms with Crippen LogP contribution in [0.5, 0.6) is 23.0 Å². The highest BCUT2D eigenvalue weighted by molar-refractivity contribution is 6.39. The Morgan fingerprint density at radius 1 is 0.598 bits per heavy atom. The molecule has 630 valence electrons. The molecular formula is C70H96Cl3NO38. The summed E-state index contributed by atoms with van der Waals surface area (Å²) in [7, 11) is 6.51. The predicted octanol–water partition coefficient (Wildman–Crippen LogP) is 1.92. The van der Waals surface area contributed by atoms with Crippen LogP contribution in [-0.4, -0.2) is 333 Å². The van der Waals surface area contributed by atoms with Crippen molar-refractivity contribution in [3.63, 3.8) is 0 Å². The fraction of sp³-hybridized carbons (Fsp3) is 0.800. The largest absolute Gasteiger partial charge is 0.506 e. The first-order valence-electron chi connectivity index (χ1n) is 36.4. The average Bonchev–Trinajstić information content (AvgIpc) is 1.56. The standard InChI is InChI=1S/C70H96Cl3NO38/c1-23-15-30(75)41(72)43(77)38(23)61(83)101-34-21-95-70(60-53(34)93-22-94-60)109-35-20-92-63(46(80)52(35)110-70)107-65-56(90-13)45(79)51(33(102-65)19-87-10)105-64-47(81)55(50(88-11)26(4)98-64)106-66-57(82)68(9)59(29(7)99-66)111-69(112-68)17-31(76)48(27(5)108-69)103-36-16-32(100-37-18-67(8,74(85)86)58(91-14)28(6)97-37)49(25(3)96-36)104-62(84)39-24(2)40(71)44(78)42(73)54(39)89-12/h15,25-29,31-37,45-53,55-60,63-66,75-82H,16-22H2,1-14H3/t25-,26-,27-,28+,29-,31-,32+,33-,34?,35+,36+,37+,45+,46-,47-,48-,49+,50+,51-,52-,53?,55-,56+,57-,58+,59-,60?,63+,64+,65+,66+,67+,68-,69-,70?/m1/s1. The molecule has 2 aromatic carbocycles. The van der Waals surface area contributed by atoms with Gasteiger partial charge in [0.2, 0.25) is 0 Å². The summed E-state index contributed by atoms with van der Waals surface area (Å²) in [6, 6.07) is 1.19. The smallest absolute Gasteiger partial charge is 0.342 e. The Kier molecular flexibility index (Phi) is 25.6. The number of aryl methyl sites for hydroxylation is 1. The molecule has 39 nitrogen and oxygen atoms in total. The van der Waals surface area contributed by atoms with Crippen LogP contribution in [0.2, 0.25) is 15.1 Å². The minimum Gasteiger partial charge on any atom is -0.506 e. The number of phenolic OH excluding ortho intramolecular Hbond substituents is 3. The van der Waals surface area contributed by atoms with Gasteiger partial charge in [0.25, 0.3) is 11.5 Å². The molecule has 11 aliphatic rings. The molecule has 11 aliphatic heterocycles. The van der Waals surface area contributed by atoms with Gasteiger partial charge in [-0.25, -0.2) is 9.59 Å². The van der Waals surface area contributed by atoms with Crippen LogP contribution < -0.4 is 4.74 Å². The highest BCUT2D eigenvalue weighted by atomic mass is 35.5. The number of aliphatic hydroxyl groups excluding tert-OH is 5. The Morgan fingerprint density at radius 3 is 1.96 bits per heavy atom. The van der Waals surface area contributed by atoms with E-state index in [2.05, 4.69) is 0 Å². The summed E-state index contributed by atoms with van der Waals surface area (Å²) in [5, 5.41) is 104. The number of nitrogens with zero attached hydrogens (tertiary/aromatic N) is 1. The number of carbonyl (C=O) groups excluding carboxylic acids is 2. The van der Waals surface area contributed by atoms with E-state index in [-0.39, 0.29) is 77.5 Å². The van der Waals surface area contributed by atoms with E-state index in [1.165, 1.54) is 69.3 Å². The number of nitro groups is 1. The first-order valence-corrected chi connectivity index (χ1v) is 37.6. The Labute approximate surface area is 656 Å². The molecule has 11 fully saturated rings. The van der Waals surface area contributed by atoms with Crippen LogP contribution in [-0.2, 0) is 118 Å². The zero-order valence-corrected chi connectivity index (χ0v) is 65.6. The lowest BCUT2D eigenvalue weighted by atomic mass is 9.85. The van der Waals surface area contributed by atoms with Crippen molar-refractivity contribution in [2.24, 2.45) is 0 Å². The predicted molar refractivity (Wildman–Crippen MR) is 368 cm³/mol. The summed E-state index contributed by atoms with van der Waals surface area (Å²) in [4.78, 5) is 39.9. The summed E-state index contributed by atoms with van der Waals surface area (Å²) in [6.45, 7) is 12.6. The molecule has 0 saturated carbocycles. The van der Waals surface area contributed by atoms with Crippen LogP contribution in [0.25, 0.3) is 0 Å². The number of methoxy groups -OCH3 is 5.